The zero-order chi connectivity index (χ0) is 19.3. The average molecular weight is 385 g/mol. The Hall–Kier alpha value is -2.00. The molecule has 0 saturated carbocycles. The Kier molecular flexibility index (Phi) is 6.71. The number of amides is 2. The van der Waals surface area contributed by atoms with Crippen LogP contribution < -0.4 is 10.6 Å². The Morgan fingerprint density at radius 2 is 1.96 bits per heavy atom. The van der Waals surface area contributed by atoms with Crippen molar-refractivity contribution in [2.24, 2.45) is 0 Å². The molecule has 1 aliphatic heterocycles. The van der Waals surface area contributed by atoms with E-state index in [1.807, 2.05) is 6.92 Å². The van der Waals surface area contributed by atoms with Gasteiger partial charge in [-0.1, -0.05) is 6.92 Å². The molecule has 1 fully saturated rings. The number of likely N-dealkylation sites (N-methyl/N-ethyl adjacent to an activating group) is 1. The lowest BCUT2D eigenvalue weighted by Gasteiger charge is -2.26. The van der Waals surface area contributed by atoms with Gasteiger partial charge in [0.1, 0.15) is 5.82 Å². The van der Waals surface area contributed by atoms with E-state index in [0.29, 0.717) is 18.7 Å². The minimum absolute atomic E-state index is 0.00888. The summed E-state index contributed by atoms with van der Waals surface area (Å²) >= 11 is 0. The van der Waals surface area contributed by atoms with Crippen molar-refractivity contribution in [3.63, 3.8) is 0 Å². The predicted octanol–water partition coefficient (Wildman–Crippen LogP) is 0.778. The highest BCUT2D eigenvalue weighted by molar-refractivity contribution is 7.91. The largest absolute Gasteiger partial charge is 0.351 e. The number of carbonyl (C=O) groups excluding carboxylic acids is 2. The van der Waals surface area contributed by atoms with E-state index >= 15 is 0 Å². The Morgan fingerprint density at radius 1 is 1.31 bits per heavy atom. The lowest BCUT2D eigenvalue weighted by Crippen LogP contribution is -2.48. The van der Waals surface area contributed by atoms with Gasteiger partial charge >= 0.3 is 0 Å². The van der Waals surface area contributed by atoms with Gasteiger partial charge in [-0.3, -0.25) is 14.5 Å². The molecule has 2 N–H and O–H groups in total. The number of carbonyl (C=O) groups is 2. The van der Waals surface area contributed by atoms with Crippen molar-refractivity contribution in [1.82, 2.24) is 10.2 Å². The Labute approximate surface area is 152 Å². The molecule has 9 heteroatoms. The molecular formula is C17H24FN3O4S. The van der Waals surface area contributed by atoms with Crippen molar-refractivity contribution in [3.8, 4) is 0 Å². The van der Waals surface area contributed by atoms with E-state index in [1.54, 1.807) is 11.8 Å². The van der Waals surface area contributed by atoms with Crippen LogP contribution in [0.5, 0.6) is 0 Å². The van der Waals surface area contributed by atoms with E-state index in [4.69, 9.17) is 0 Å². The van der Waals surface area contributed by atoms with Gasteiger partial charge in [0.05, 0.1) is 24.1 Å². The quantitative estimate of drug-likeness (QED) is 0.723. The molecule has 0 aliphatic carbocycles. The number of nitrogens with one attached hydrogen (secondary N) is 2. The van der Waals surface area contributed by atoms with Gasteiger partial charge in [0.25, 0.3) is 0 Å². The second-order valence-corrected chi connectivity index (χ2v) is 8.63. The highest BCUT2D eigenvalue weighted by Gasteiger charge is 2.30. The van der Waals surface area contributed by atoms with Gasteiger partial charge in [-0.2, -0.15) is 0 Å². The van der Waals surface area contributed by atoms with Crippen LogP contribution in [0.25, 0.3) is 0 Å². The first kappa shape index (κ1) is 20.3. The van der Waals surface area contributed by atoms with Gasteiger partial charge in [0.15, 0.2) is 9.84 Å². The van der Waals surface area contributed by atoms with E-state index in [9.17, 15) is 22.4 Å². The second-order valence-electron chi connectivity index (χ2n) is 6.40. The van der Waals surface area contributed by atoms with Crippen LogP contribution in [0.15, 0.2) is 24.3 Å². The number of hydrogen-bond donors (Lipinski definition) is 2. The molecule has 2 amide bonds. The minimum atomic E-state index is -3.06. The standard InChI is InChI=1S/C17H24FN3O4S/c1-3-21(10-16(22)19-15-8-9-26(24,25)11-15)12(2)17(23)20-14-6-4-13(18)5-7-14/h4-7,12,15H,3,8-11H2,1-2H3,(H,19,22)(H,20,23)/t12-,15-/m1/s1. The fourth-order valence-electron chi connectivity index (χ4n) is 2.83. The number of anilines is 1. The number of nitrogens with zero attached hydrogens (tertiary/aromatic N) is 1. The molecule has 1 saturated heterocycles. The van der Waals surface area contributed by atoms with Crippen LogP contribution in [0.4, 0.5) is 10.1 Å². The third-order valence-electron chi connectivity index (χ3n) is 4.39. The van der Waals surface area contributed by atoms with E-state index in [1.165, 1.54) is 24.3 Å². The maximum atomic E-state index is 12.9. The van der Waals surface area contributed by atoms with Crippen molar-refractivity contribution >= 4 is 27.3 Å². The number of halogens is 1. The van der Waals surface area contributed by atoms with Gasteiger partial charge < -0.3 is 10.6 Å². The van der Waals surface area contributed by atoms with Crippen molar-refractivity contribution < 1.29 is 22.4 Å². The minimum Gasteiger partial charge on any atom is -0.351 e. The molecule has 0 spiro atoms. The first-order chi connectivity index (χ1) is 12.2. The van der Waals surface area contributed by atoms with Gasteiger partial charge in [-0.25, -0.2) is 12.8 Å². The third-order valence-corrected chi connectivity index (χ3v) is 6.16. The normalized spacial score (nSPS) is 19.9. The summed E-state index contributed by atoms with van der Waals surface area (Å²) in [6.07, 6.45) is 0.417. The van der Waals surface area contributed by atoms with Crippen LogP contribution >= 0.6 is 0 Å². The molecule has 144 valence electrons. The molecule has 2 atom stereocenters. The summed E-state index contributed by atoms with van der Waals surface area (Å²) in [7, 11) is -3.06. The van der Waals surface area contributed by atoms with Gasteiger partial charge in [-0.05, 0) is 44.2 Å². The molecule has 2 rings (SSSR count). The van der Waals surface area contributed by atoms with Crippen molar-refractivity contribution in [1.29, 1.82) is 0 Å². The second kappa shape index (κ2) is 8.59. The summed E-state index contributed by atoms with van der Waals surface area (Å²) in [5, 5.41) is 5.40. The Balaban J connectivity index is 1.88. The SMILES string of the molecule is CCN(CC(=O)N[C@@H]1CCS(=O)(=O)C1)[C@H](C)C(=O)Nc1ccc(F)cc1. The first-order valence-electron chi connectivity index (χ1n) is 8.50. The molecule has 1 heterocycles. The molecular weight excluding hydrogens is 361 g/mol. The highest BCUT2D eigenvalue weighted by Crippen LogP contribution is 2.12. The summed E-state index contributed by atoms with van der Waals surface area (Å²) in [6, 6.07) is 4.48. The number of benzene rings is 1. The van der Waals surface area contributed by atoms with E-state index in [2.05, 4.69) is 10.6 Å². The fraction of sp³-hybridized carbons (Fsp3) is 0.529. The third kappa shape index (κ3) is 5.77. The lowest BCUT2D eigenvalue weighted by atomic mass is 10.2. The van der Waals surface area contributed by atoms with Crippen LogP contribution in [-0.2, 0) is 19.4 Å². The van der Waals surface area contributed by atoms with Crippen LogP contribution in [-0.4, -0.2) is 61.8 Å². The van der Waals surface area contributed by atoms with Crippen LogP contribution in [0, 0.1) is 5.82 Å². The molecule has 0 bridgehead atoms. The molecule has 0 unspecified atom stereocenters. The maximum Gasteiger partial charge on any atom is 0.241 e. The number of sulfone groups is 1. The smallest absolute Gasteiger partial charge is 0.241 e. The summed E-state index contributed by atoms with van der Waals surface area (Å²) in [4.78, 5) is 26.2. The van der Waals surface area contributed by atoms with Gasteiger partial charge in [-0.15, -0.1) is 0 Å². The average Bonchev–Trinajstić information content (AvgIpc) is 2.92. The van der Waals surface area contributed by atoms with Crippen LogP contribution in [0.3, 0.4) is 0 Å². The molecule has 1 aliphatic rings. The molecule has 1 aromatic carbocycles. The van der Waals surface area contributed by atoms with E-state index in [-0.39, 0.29) is 35.9 Å². The summed E-state index contributed by atoms with van der Waals surface area (Å²) in [5.74, 6) is -0.959. The molecule has 26 heavy (non-hydrogen) atoms. The Morgan fingerprint density at radius 3 is 2.50 bits per heavy atom. The van der Waals surface area contributed by atoms with Crippen LogP contribution in [0.2, 0.25) is 0 Å². The topological polar surface area (TPSA) is 95.6 Å². The summed E-state index contributed by atoms with van der Waals surface area (Å²) in [5.41, 5.74) is 0.472. The fourth-order valence-corrected chi connectivity index (χ4v) is 4.51. The van der Waals surface area contributed by atoms with E-state index in [0.717, 1.165) is 0 Å². The zero-order valence-corrected chi connectivity index (χ0v) is 15.7. The first-order valence-corrected chi connectivity index (χ1v) is 10.3. The summed E-state index contributed by atoms with van der Waals surface area (Å²) < 4.78 is 35.8. The number of rotatable bonds is 7. The number of hydrogen-bond acceptors (Lipinski definition) is 5. The van der Waals surface area contributed by atoms with Gasteiger partial charge in [0.2, 0.25) is 11.8 Å². The van der Waals surface area contributed by atoms with Gasteiger partial charge in [0, 0.05) is 11.7 Å². The Bertz CT molecular complexity index is 752. The lowest BCUT2D eigenvalue weighted by molar-refractivity contribution is -0.125. The van der Waals surface area contributed by atoms with Crippen LogP contribution in [0.1, 0.15) is 20.3 Å². The monoisotopic (exact) mass is 385 g/mol. The molecule has 1 aromatic rings. The predicted molar refractivity (Wildman–Crippen MR) is 96.9 cm³/mol. The van der Waals surface area contributed by atoms with Crippen molar-refractivity contribution in [2.75, 3.05) is 29.9 Å². The van der Waals surface area contributed by atoms with Crippen molar-refractivity contribution in [3.05, 3.63) is 30.1 Å². The van der Waals surface area contributed by atoms with E-state index < -0.39 is 21.7 Å². The highest BCUT2D eigenvalue weighted by atomic mass is 32.2. The molecule has 0 radical (unpaired) electrons. The zero-order valence-electron chi connectivity index (χ0n) is 14.9. The molecule has 7 nitrogen and oxygen atoms in total. The maximum absolute atomic E-state index is 12.9. The summed E-state index contributed by atoms with van der Waals surface area (Å²) in [6.45, 7) is 3.96. The van der Waals surface area contributed by atoms with Crippen molar-refractivity contribution in [2.45, 2.75) is 32.4 Å². The molecule has 0 aromatic heterocycles.